The van der Waals surface area contributed by atoms with E-state index in [9.17, 15) is 9.59 Å². The number of ether oxygens (including phenoxy) is 2. The molecular weight excluding hydrogens is 651 g/mol. The predicted molar refractivity (Wildman–Crippen MR) is 197 cm³/mol. The zero-order valence-electron chi connectivity index (χ0n) is 29.5. The van der Waals surface area contributed by atoms with Gasteiger partial charge in [-0.2, -0.15) is 10.1 Å². The molecule has 0 aliphatic rings. The maximum Gasteiger partial charge on any atom is 0.413 e. The standard InChI is InChI=1S/C37H45N7O5Si/c1-7-14-28(19-20-49-50(37(2,3)4,29-15-10-8-11-16-29)30-17-12-9-13-18-30)40-33-32-31(41-35(42-33)43-36(46)48-6)23-39-44(32)24-27-21-26(25-45)22-38-34(27)47-5/h8-13,15-18,21-23,25,28H,7,14,19-20,24H2,1-6H3,(H2,40,41,42,43,46)/t28-/m0/s1. The maximum absolute atomic E-state index is 12.2. The number of pyridine rings is 1. The lowest BCUT2D eigenvalue weighted by Gasteiger charge is -2.43. The average Bonchev–Trinajstić information content (AvgIpc) is 3.52. The highest BCUT2D eigenvalue weighted by molar-refractivity contribution is 6.99. The van der Waals surface area contributed by atoms with Crippen LogP contribution >= 0.6 is 0 Å². The Balaban J connectivity index is 1.50. The molecule has 0 aliphatic carbocycles. The fourth-order valence-electron chi connectivity index (χ4n) is 6.40. The SMILES string of the molecule is CCC[C@@H](CCO[Si](c1ccccc1)(c1ccccc1)C(C)(C)C)Nc1nc(NC(=O)OC)nc2cnn(Cc3cc(C=O)cnc3OC)c12. The zero-order chi connectivity index (χ0) is 35.7. The number of amides is 1. The average molecular weight is 696 g/mol. The summed E-state index contributed by atoms with van der Waals surface area (Å²) < 4.78 is 19.2. The Morgan fingerprint density at radius 2 is 1.66 bits per heavy atom. The first kappa shape index (κ1) is 36.1. The molecule has 5 rings (SSSR count). The van der Waals surface area contributed by atoms with Gasteiger partial charge in [-0.3, -0.25) is 14.8 Å². The molecule has 13 heteroatoms. The van der Waals surface area contributed by atoms with Crippen LogP contribution in [-0.4, -0.2) is 72.3 Å². The Bertz CT molecular complexity index is 1860. The summed E-state index contributed by atoms with van der Waals surface area (Å²) in [4.78, 5) is 37.2. The van der Waals surface area contributed by atoms with Crippen molar-refractivity contribution < 1.29 is 23.5 Å². The summed E-state index contributed by atoms with van der Waals surface area (Å²) in [5, 5.41) is 13.1. The summed E-state index contributed by atoms with van der Waals surface area (Å²) >= 11 is 0. The van der Waals surface area contributed by atoms with Crippen LogP contribution in [0.15, 0.2) is 79.1 Å². The van der Waals surface area contributed by atoms with Crippen LogP contribution in [0.2, 0.25) is 5.04 Å². The Labute approximate surface area is 293 Å². The maximum atomic E-state index is 12.2. The van der Waals surface area contributed by atoms with Gasteiger partial charge in [-0.15, -0.1) is 0 Å². The van der Waals surface area contributed by atoms with Gasteiger partial charge < -0.3 is 19.2 Å². The Kier molecular flexibility index (Phi) is 11.6. The summed E-state index contributed by atoms with van der Waals surface area (Å²) in [6.45, 7) is 9.69. The second kappa shape index (κ2) is 16.0. The summed E-state index contributed by atoms with van der Waals surface area (Å²) in [6, 6.07) is 22.9. The normalized spacial score (nSPS) is 12.4. The molecule has 1 atom stereocenters. The van der Waals surface area contributed by atoms with Crippen molar-refractivity contribution in [3.05, 3.63) is 90.3 Å². The minimum Gasteiger partial charge on any atom is -0.481 e. The van der Waals surface area contributed by atoms with E-state index in [2.05, 4.69) is 102 Å². The van der Waals surface area contributed by atoms with Crippen molar-refractivity contribution in [2.24, 2.45) is 0 Å². The number of nitrogens with one attached hydrogen (secondary N) is 2. The van der Waals surface area contributed by atoms with Crippen molar-refractivity contribution in [1.82, 2.24) is 24.7 Å². The molecular formula is C37H45N7O5Si. The smallest absolute Gasteiger partial charge is 0.413 e. The van der Waals surface area contributed by atoms with Crippen LogP contribution in [0, 0.1) is 0 Å². The molecule has 2 N–H and O–H groups in total. The van der Waals surface area contributed by atoms with Crippen molar-refractivity contribution in [3.63, 3.8) is 0 Å². The summed E-state index contributed by atoms with van der Waals surface area (Å²) in [6.07, 6.45) is 5.56. The van der Waals surface area contributed by atoms with Gasteiger partial charge in [0.05, 0.1) is 27.0 Å². The summed E-state index contributed by atoms with van der Waals surface area (Å²) in [5.74, 6) is 0.941. The number of aldehydes is 1. The van der Waals surface area contributed by atoms with E-state index in [1.165, 1.54) is 30.8 Å². The minimum absolute atomic E-state index is 0.0414. The highest BCUT2D eigenvalue weighted by Gasteiger charge is 2.50. The molecule has 3 aromatic heterocycles. The number of anilines is 2. The van der Waals surface area contributed by atoms with Gasteiger partial charge in [-0.25, -0.2) is 14.8 Å². The summed E-state index contributed by atoms with van der Waals surface area (Å²) in [5.41, 5.74) is 2.20. The van der Waals surface area contributed by atoms with E-state index >= 15 is 0 Å². The van der Waals surface area contributed by atoms with Crippen LogP contribution in [0.1, 0.15) is 62.9 Å². The first-order valence-corrected chi connectivity index (χ1v) is 18.6. The van der Waals surface area contributed by atoms with Gasteiger partial charge in [-0.05, 0) is 34.3 Å². The minimum atomic E-state index is -2.74. The molecule has 1 amide bonds. The molecule has 0 saturated heterocycles. The van der Waals surface area contributed by atoms with Crippen LogP contribution in [-0.2, 0) is 15.7 Å². The monoisotopic (exact) mass is 695 g/mol. The third-order valence-electron chi connectivity index (χ3n) is 8.66. The second-order valence-corrected chi connectivity index (χ2v) is 17.3. The molecule has 12 nitrogen and oxygen atoms in total. The Hall–Kier alpha value is -5.14. The number of aromatic nitrogens is 5. The van der Waals surface area contributed by atoms with Crippen LogP contribution in [0.3, 0.4) is 0 Å². The molecule has 5 aromatic rings. The van der Waals surface area contributed by atoms with Crippen LogP contribution in [0.4, 0.5) is 16.6 Å². The molecule has 50 heavy (non-hydrogen) atoms. The van der Waals surface area contributed by atoms with Crippen LogP contribution < -0.4 is 25.7 Å². The zero-order valence-corrected chi connectivity index (χ0v) is 30.5. The molecule has 0 fully saturated rings. The van der Waals surface area contributed by atoms with E-state index in [4.69, 9.17) is 18.9 Å². The fourth-order valence-corrected chi connectivity index (χ4v) is 11.0. The lowest BCUT2D eigenvalue weighted by atomic mass is 10.1. The number of carbonyl (C=O) groups excluding carboxylic acids is 2. The molecule has 3 heterocycles. The number of methoxy groups -OCH3 is 2. The topological polar surface area (TPSA) is 142 Å². The van der Waals surface area contributed by atoms with E-state index in [0.717, 1.165) is 19.1 Å². The lowest BCUT2D eigenvalue weighted by molar-refractivity contribution is 0.112. The predicted octanol–water partition coefficient (Wildman–Crippen LogP) is 5.82. The number of nitrogens with zero attached hydrogens (tertiary/aromatic N) is 5. The van der Waals surface area contributed by atoms with Crippen molar-refractivity contribution >= 4 is 53.9 Å². The fraction of sp³-hybridized carbons (Fsp3) is 0.351. The quantitative estimate of drug-likeness (QED) is 0.102. The first-order chi connectivity index (χ1) is 24.1. The van der Waals surface area contributed by atoms with Gasteiger partial charge in [0.2, 0.25) is 11.8 Å². The van der Waals surface area contributed by atoms with Crippen molar-refractivity contribution in [1.29, 1.82) is 0 Å². The van der Waals surface area contributed by atoms with Gasteiger partial charge >= 0.3 is 6.09 Å². The van der Waals surface area contributed by atoms with Gasteiger partial charge in [-0.1, -0.05) is 94.8 Å². The number of rotatable bonds is 15. The number of hydrogen-bond acceptors (Lipinski definition) is 10. The largest absolute Gasteiger partial charge is 0.481 e. The molecule has 0 bridgehead atoms. The molecule has 0 radical (unpaired) electrons. The third kappa shape index (κ3) is 7.84. The molecule has 0 saturated carbocycles. The second-order valence-electron chi connectivity index (χ2n) is 13.0. The van der Waals surface area contributed by atoms with Gasteiger partial charge in [0.1, 0.15) is 11.0 Å². The van der Waals surface area contributed by atoms with Crippen molar-refractivity contribution in [2.45, 2.75) is 64.6 Å². The number of carbonyl (C=O) groups is 2. The first-order valence-electron chi connectivity index (χ1n) is 16.7. The van der Waals surface area contributed by atoms with Crippen LogP contribution in [0.25, 0.3) is 11.0 Å². The van der Waals surface area contributed by atoms with E-state index in [-0.39, 0.29) is 23.6 Å². The highest BCUT2D eigenvalue weighted by Crippen LogP contribution is 2.37. The van der Waals surface area contributed by atoms with Crippen molar-refractivity contribution in [2.75, 3.05) is 31.5 Å². The molecule has 2 aromatic carbocycles. The number of fused-ring (bicyclic) bond motifs is 1. The molecule has 0 spiro atoms. The van der Waals surface area contributed by atoms with E-state index in [1.807, 2.05) is 12.1 Å². The molecule has 0 aliphatic heterocycles. The molecule has 262 valence electrons. The highest BCUT2D eigenvalue weighted by atomic mass is 28.4. The van der Waals surface area contributed by atoms with Crippen molar-refractivity contribution in [3.8, 4) is 5.88 Å². The van der Waals surface area contributed by atoms with E-state index < -0.39 is 14.4 Å². The summed E-state index contributed by atoms with van der Waals surface area (Å²) in [7, 11) is 0.0709. The van der Waals surface area contributed by atoms with E-state index in [1.54, 1.807) is 16.9 Å². The van der Waals surface area contributed by atoms with Crippen LogP contribution in [0.5, 0.6) is 5.88 Å². The Morgan fingerprint density at radius 1 is 0.980 bits per heavy atom. The third-order valence-corrected chi connectivity index (χ3v) is 13.7. The number of benzene rings is 2. The number of hydrogen-bond donors (Lipinski definition) is 2. The van der Waals surface area contributed by atoms with Gasteiger partial charge in [0.25, 0.3) is 8.32 Å². The Morgan fingerprint density at radius 3 is 2.24 bits per heavy atom. The van der Waals surface area contributed by atoms with Gasteiger partial charge in [0, 0.05) is 30.0 Å². The van der Waals surface area contributed by atoms with E-state index in [0.29, 0.717) is 46.9 Å². The lowest BCUT2D eigenvalue weighted by Crippen LogP contribution is -2.66. The molecule has 0 unspecified atom stereocenters. The van der Waals surface area contributed by atoms with Gasteiger partial charge in [0.15, 0.2) is 12.1 Å².